The molecule has 1 atom stereocenters. The average molecular weight is 314 g/mol. The molecule has 0 unspecified atom stereocenters. The van der Waals surface area contributed by atoms with Gasteiger partial charge in [-0.3, -0.25) is 4.90 Å². The zero-order chi connectivity index (χ0) is 13.1. The van der Waals surface area contributed by atoms with Crippen LogP contribution in [0, 0.1) is 0 Å². The average Bonchev–Trinajstić information content (AvgIpc) is 2.36. The molecule has 100 valence electrons. The third kappa shape index (κ3) is 2.98. The van der Waals surface area contributed by atoms with Crippen LogP contribution >= 0.6 is 15.9 Å². The number of hydrogen-bond donors (Lipinski definition) is 1. The van der Waals surface area contributed by atoms with Crippen LogP contribution in [-0.4, -0.2) is 29.7 Å². The van der Waals surface area contributed by atoms with Gasteiger partial charge in [-0.15, -0.1) is 0 Å². The molecule has 0 saturated carbocycles. The summed E-state index contributed by atoms with van der Waals surface area (Å²) in [4.78, 5) is 2.49. The molecule has 0 bridgehead atoms. The minimum Gasteiger partial charge on any atom is -0.503 e. The van der Waals surface area contributed by atoms with E-state index in [0.29, 0.717) is 16.3 Å². The van der Waals surface area contributed by atoms with E-state index >= 15 is 0 Å². The van der Waals surface area contributed by atoms with E-state index in [9.17, 15) is 5.11 Å². The van der Waals surface area contributed by atoms with E-state index in [0.717, 1.165) is 13.1 Å². The maximum atomic E-state index is 9.79. The molecule has 0 aromatic heterocycles. The number of methoxy groups -OCH3 is 1. The Labute approximate surface area is 117 Å². The van der Waals surface area contributed by atoms with Crippen LogP contribution in [0.25, 0.3) is 0 Å². The number of likely N-dealkylation sites (tertiary alicyclic amines) is 1. The van der Waals surface area contributed by atoms with Gasteiger partial charge in [0.1, 0.15) is 0 Å². The predicted molar refractivity (Wildman–Crippen MR) is 76.1 cm³/mol. The molecule has 1 N–H and O–H groups in total. The Bertz CT molecular complexity index is 423. The lowest BCUT2D eigenvalue weighted by atomic mass is 10.0. The summed E-state index contributed by atoms with van der Waals surface area (Å²) in [6.07, 6.45) is 3.89. The first kappa shape index (κ1) is 13.7. The van der Waals surface area contributed by atoms with Crippen molar-refractivity contribution in [1.82, 2.24) is 4.90 Å². The summed E-state index contributed by atoms with van der Waals surface area (Å²) in [6, 6.07) is 4.53. The molecule has 4 heteroatoms. The summed E-state index contributed by atoms with van der Waals surface area (Å²) in [5.41, 5.74) is 1.17. The molecule has 1 aromatic carbocycles. The standard InChI is InChI=1S/C14H20BrNO2/c1-10-5-3-4-6-16(10)9-11-7-12(15)14(17)13(8-11)18-2/h7-8,10,17H,3-6,9H2,1-2H3/t10-/m0/s1. The lowest BCUT2D eigenvalue weighted by Crippen LogP contribution is -2.36. The molecular weight excluding hydrogens is 294 g/mol. The lowest BCUT2D eigenvalue weighted by molar-refractivity contribution is 0.152. The second kappa shape index (κ2) is 5.93. The number of ether oxygens (including phenoxy) is 1. The van der Waals surface area contributed by atoms with Crippen molar-refractivity contribution in [2.75, 3.05) is 13.7 Å². The fraction of sp³-hybridized carbons (Fsp3) is 0.571. The Kier molecular flexibility index (Phi) is 4.51. The van der Waals surface area contributed by atoms with Gasteiger partial charge in [0, 0.05) is 12.6 Å². The summed E-state index contributed by atoms with van der Waals surface area (Å²) in [5.74, 6) is 0.706. The van der Waals surface area contributed by atoms with Crippen molar-refractivity contribution in [3.05, 3.63) is 22.2 Å². The number of phenols is 1. The molecule has 0 amide bonds. The zero-order valence-electron chi connectivity index (χ0n) is 10.9. The van der Waals surface area contributed by atoms with Crippen LogP contribution in [0.5, 0.6) is 11.5 Å². The molecule has 1 fully saturated rings. The van der Waals surface area contributed by atoms with Crippen LogP contribution in [0.4, 0.5) is 0 Å². The van der Waals surface area contributed by atoms with E-state index in [-0.39, 0.29) is 5.75 Å². The molecule has 0 aliphatic carbocycles. The number of benzene rings is 1. The highest BCUT2D eigenvalue weighted by molar-refractivity contribution is 9.10. The van der Waals surface area contributed by atoms with Crippen molar-refractivity contribution in [3.8, 4) is 11.5 Å². The molecular formula is C14H20BrNO2. The fourth-order valence-electron chi connectivity index (χ4n) is 2.50. The Balaban J connectivity index is 2.15. The van der Waals surface area contributed by atoms with Crippen molar-refractivity contribution in [1.29, 1.82) is 0 Å². The number of aromatic hydroxyl groups is 1. The third-order valence-corrected chi connectivity index (χ3v) is 4.24. The van der Waals surface area contributed by atoms with E-state index in [4.69, 9.17) is 4.74 Å². The quantitative estimate of drug-likeness (QED) is 0.926. The van der Waals surface area contributed by atoms with Crippen molar-refractivity contribution >= 4 is 15.9 Å². The minimum atomic E-state index is 0.174. The van der Waals surface area contributed by atoms with Gasteiger partial charge in [-0.25, -0.2) is 0 Å². The molecule has 1 aliphatic rings. The summed E-state index contributed by atoms with van der Waals surface area (Å²) in [5, 5.41) is 9.79. The molecule has 0 radical (unpaired) electrons. The van der Waals surface area contributed by atoms with Gasteiger partial charge in [-0.05, 0) is 59.9 Å². The summed E-state index contributed by atoms with van der Waals surface area (Å²) in [6.45, 7) is 4.35. The fourth-order valence-corrected chi connectivity index (χ4v) is 2.99. The molecule has 1 aromatic rings. The number of nitrogens with zero attached hydrogens (tertiary/aromatic N) is 1. The Morgan fingerprint density at radius 2 is 2.22 bits per heavy atom. The summed E-state index contributed by atoms with van der Waals surface area (Å²) in [7, 11) is 1.58. The van der Waals surface area contributed by atoms with Crippen molar-refractivity contribution in [3.63, 3.8) is 0 Å². The molecule has 1 heterocycles. The van der Waals surface area contributed by atoms with E-state index in [1.54, 1.807) is 7.11 Å². The highest BCUT2D eigenvalue weighted by Gasteiger charge is 2.19. The van der Waals surface area contributed by atoms with Gasteiger partial charge in [-0.2, -0.15) is 0 Å². The van der Waals surface area contributed by atoms with Crippen LogP contribution in [0.1, 0.15) is 31.7 Å². The molecule has 3 nitrogen and oxygen atoms in total. The number of phenolic OH excluding ortho intramolecular Hbond substituents is 1. The number of hydrogen-bond acceptors (Lipinski definition) is 3. The van der Waals surface area contributed by atoms with Crippen LogP contribution in [0.15, 0.2) is 16.6 Å². The van der Waals surface area contributed by atoms with Gasteiger partial charge in [0.2, 0.25) is 0 Å². The molecule has 18 heavy (non-hydrogen) atoms. The Morgan fingerprint density at radius 3 is 2.89 bits per heavy atom. The van der Waals surface area contributed by atoms with Gasteiger partial charge in [-0.1, -0.05) is 6.42 Å². The van der Waals surface area contributed by atoms with E-state index in [2.05, 4.69) is 27.8 Å². The largest absolute Gasteiger partial charge is 0.503 e. The maximum absolute atomic E-state index is 9.79. The van der Waals surface area contributed by atoms with Gasteiger partial charge < -0.3 is 9.84 Å². The second-order valence-electron chi connectivity index (χ2n) is 4.94. The van der Waals surface area contributed by atoms with Gasteiger partial charge in [0.25, 0.3) is 0 Å². The number of piperidine rings is 1. The van der Waals surface area contributed by atoms with Crippen molar-refractivity contribution in [2.45, 2.75) is 38.8 Å². The highest BCUT2D eigenvalue weighted by Crippen LogP contribution is 2.35. The first-order chi connectivity index (χ1) is 8.61. The first-order valence-corrected chi connectivity index (χ1v) is 7.20. The summed E-state index contributed by atoms with van der Waals surface area (Å²) >= 11 is 3.37. The van der Waals surface area contributed by atoms with Crippen LogP contribution in [-0.2, 0) is 6.54 Å². The van der Waals surface area contributed by atoms with Gasteiger partial charge in [0.05, 0.1) is 11.6 Å². The Hall–Kier alpha value is -0.740. The van der Waals surface area contributed by atoms with E-state index in [1.165, 1.54) is 24.8 Å². The van der Waals surface area contributed by atoms with E-state index in [1.807, 2.05) is 12.1 Å². The summed E-state index contributed by atoms with van der Waals surface area (Å²) < 4.78 is 5.88. The lowest BCUT2D eigenvalue weighted by Gasteiger charge is -2.33. The number of halogens is 1. The molecule has 1 saturated heterocycles. The normalized spacial score (nSPS) is 20.9. The molecule has 0 spiro atoms. The number of rotatable bonds is 3. The molecule has 1 aliphatic heterocycles. The topological polar surface area (TPSA) is 32.7 Å². The third-order valence-electron chi connectivity index (χ3n) is 3.63. The smallest absolute Gasteiger partial charge is 0.172 e. The van der Waals surface area contributed by atoms with Gasteiger partial charge in [0.15, 0.2) is 11.5 Å². The van der Waals surface area contributed by atoms with Crippen molar-refractivity contribution in [2.24, 2.45) is 0 Å². The van der Waals surface area contributed by atoms with Crippen LogP contribution in [0.3, 0.4) is 0 Å². The van der Waals surface area contributed by atoms with E-state index < -0.39 is 0 Å². The minimum absolute atomic E-state index is 0.174. The SMILES string of the molecule is COc1cc(CN2CCCC[C@@H]2C)cc(Br)c1O. The van der Waals surface area contributed by atoms with Crippen molar-refractivity contribution < 1.29 is 9.84 Å². The zero-order valence-corrected chi connectivity index (χ0v) is 12.5. The van der Waals surface area contributed by atoms with Crippen LogP contribution < -0.4 is 4.74 Å². The van der Waals surface area contributed by atoms with Crippen LogP contribution in [0.2, 0.25) is 0 Å². The first-order valence-electron chi connectivity index (χ1n) is 6.41. The highest BCUT2D eigenvalue weighted by atomic mass is 79.9. The second-order valence-corrected chi connectivity index (χ2v) is 5.80. The Morgan fingerprint density at radius 1 is 1.44 bits per heavy atom. The van der Waals surface area contributed by atoms with Gasteiger partial charge >= 0.3 is 0 Å². The predicted octanol–water partition coefficient (Wildman–Crippen LogP) is 3.54. The monoisotopic (exact) mass is 313 g/mol. The molecule has 2 rings (SSSR count). The maximum Gasteiger partial charge on any atom is 0.172 e.